The van der Waals surface area contributed by atoms with E-state index in [0.717, 1.165) is 10.5 Å². The smallest absolute Gasteiger partial charge is 0.338 e. The van der Waals surface area contributed by atoms with Gasteiger partial charge in [0.1, 0.15) is 0 Å². The van der Waals surface area contributed by atoms with Crippen LogP contribution in [0.4, 0.5) is 4.79 Å². The molecule has 0 aromatic heterocycles. The number of nitrogens with one attached hydrogen (secondary N) is 1. The molecule has 0 atom stereocenters. The Bertz CT molecular complexity index is 1000. The lowest BCUT2D eigenvalue weighted by atomic mass is 10.1. The lowest BCUT2D eigenvalue weighted by Gasteiger charge is -2.13. The van der Waals surface area contributed by atoms with Crippen LogP contribution in [-0.2, 0) is 16.0 Å². The van der Waals surface area contributed by atoms with E-state index in [0.29, 0.717) is 6.42 Å². The van der Waals surface area contributed by atoms with Crippen LogP contribution in [0, 0.1) is 0 Å². The molecule has 2 aromatic carbocycles. The number of fused-ring (bicyclic) bond motifs is 1. The van der Waals surface area contributed by atoms with Crippen LogP contribution in [0.3, 0.4) is 0 Å². The summed E-state index contributed by atoms with van der Waals surface area (Å²) in [5.74, 6) is -2.69. The Labute approximate surface area is 165 Å². The number of nitrogens with zero attached hydrogens (tertiary/aromatic N) is 1. The van der Waals surface area contributed by atoms with Crippen LogP contribution in [0.5, 0.6) is 0 Å². The number of imide groups is 2. The first-order chi connectivity index (χ1) is 13.9. The molecule has 148 valence electrons. The van der Waals surface area contributed by atoms with E-state index >= 15 is 0 Å². The molecule has 1 aliphatic rings. The average Bonchev–Trinajstić information content (AvgIpc) is 2.94. The molecule has 3 rings (SSSR count). The van der Waals surface area contributed by atoms with Crippen molar-refractivity contribution in [3.05, 3.63) is 70.8 Å². The van der Waals surface area contributed by atoms with E-state index in [2.05, 4.69) is 0 Å². The van der Waals surface area contributed by atoms with Crippen molar-refractivity contribution in [3.8, 4) is 0 Å². The fraction of sp³-hybridized carbons (Fsp3) is 0.150. The van der Waals surface area contributed by atoms with E-state index < -0.39 is 36.3 Å². The zero-order valence-electron chi connectivity index (χ0n) is 15.2. The Morgan fingerprint density at radius 2 is 1.66 bits per heavy atom. The van der Waals surface area contributed by atoms with Gasteiger partial charge < -0.3 is 10.5 Å². The Hall–Kier alpha value is -4.01. The summed E-state index contributed by atoms with van der Waals surface area (Å²) in [5, 5.41) is 1.75. The van der Waals surface area contributed by atoms with Gasteiger partial charge in [-0.05, 0) is 30.2 Å². The average molecular weight is 395 g/mol. The zero-order valence-corrected chi connectivity index (χ0v) is 15.2. The van der Waals surface area contributed by atoms with E-state index in [1.807, 2.05) is 30.3 Å². The van der Waals surface area contributed by atoms with Crippen LogP contribution in [0.25, 0.3) is 0 Å². The van der Waals surface area contributed by atoms with Gasteiger partial charge in [0.05, 0.1) is 16.7 Å². The molecule has 9 nitrogen and oxygen atoms in total. The van der Waals surface area contributed by atoms with Crippen molar-refractivity contribution in [1.82, 2.24) is 10.2 Å². The number of amides is 5. The third-order valence-electron chi connectivity index (χ3n) is 4.27. The van der Waals surface area contributed by atoms with E-state index in [1.165, 1.54) is 18.2 Å². The molecular formula is C20H17N3O6. The summed E-state index contributed by atoms with van der Waals surface area (Å²) >= 11 is 0. The molecule has 0 saturated carbocycles. The lowest BCUT2D eigenvalue weighted by Crippen LogP contribution is -2.37. The normalized spacial score (nSPS) is 12.5. The highest BCUT2D eigenvalue weighted by Gasteiger charge is 2.35. The third-order valence-corrected chi connectivity index (χ3v) is 4.27. The molecule has 29 heavy (non-hydrogen) atoms. The molecule has 3 N–H and O–H groups in total. The van der Waals surface area contributed by atoms with Crippen LogP contribution in [0.1, 0.15) is 36.6 Å². The minimum absolute atomic E-state index is 0.00156. The number of carbonyl (C=O) groups is 5. The second kappa shape index (κ2) is 8.34. The highest BCUT2D eigenvalue weighted by molar-refractivity contribution is 6.22. The Morgan fingerprint density at radius 1 is 0.966 bits per heavy atom. The molecule has 2 aromatic rings. The number of nitrogens with two attached hydrogens (primary N) is 1. The van der Waals surface area contributed by atoms with Crippen molar-refractivity contribution in [3.63, 3.8) is 0 Å². The molecule has 0 fully saturated rings. The highest BCUT2D eigenvalue weighted by atomic mass is 16.5. The quantitative estimate of drug-likeness (QED) is 0.550. The summed E-state index contributed by atoms with van der Waals surface area (Å²) in [6.07, 6.45) is 0.510. The molecule has 5 amide bonds. The predicted molar refractivity (Wildman–Crippen MR) is 100.0 cm³/mol. The Balaban J connectivity index is 1.67. The maximum absolute atomic E-state index is 12.6. The molecule has 9 heteroatoms. The number of urea groups is 1. The van der Waals surface area contributed by atoms with Crippen molar-refractivity contribution in [2.24, 2.45) is 5.73 Å². The number of hydrogen-bond donors (Lipinski definition) is 2. The van der Waals surface area contributed by atoms with Gasteiger partial charge in [-0.3, -0.25) is 24.6 Å². The first-order valence-corrected chi connectivity index (χ1v) is 8.67. The lowest BCUT2D eigenvalue weighted by molar-refractivity contribution is -0.123. The highest BCUT2D eigenvalue weighted by Crippen LogP contribution is 2.24. The summed E-state index contributed by atoms with van der Waals surface area (Å²) in [5.41, 5.74) is 6.08. The Morgan fingerprint density at radius 3 is 2.34 bits per heavy atom. The number of primary amides is 1. The molecule has 0 aliphatic carbocycles. The topological polar surface area (TPSA) is 136 Å². The van der Waals surface area contributed by atoms with Crippen molar-refractivity contribution in [1.29, 1.82) is 0 Å². The molecule has 1 aliphatic heterocycles. The van der Waals surface area contributed by atoms with Gasteiger partial charge in [0.15, 0.2) is 6.61 Å². The third kappa shape index (κ3) is 4.46. The fourth-order valence-corrected chi connectivity index (χ4v) is 2.89. The van der Waals surface area contributed by atoms with Gasteiger partial charge in [-0.25, -0.2) is 9.59 Å². The SMILES string of the molecule is NC(=O)NC(=O)COC(=O)c1ccc2c(c1)C(=O)N(CCc1ccccc1)C2=O. The minimum atomic E-state index is -1.07. The first-order valence-electron chi connectivity index (χ1n) is 8.67. The van der Waals surface area contributed by atoms with Gasteiger partial charge in [-0.1, -0.05) is 30.3 Å². The summed E-state index contributed by atoms with van der Waals surface area (Å²) in [6.45, 7) is -0.502. The zero-order chi connectivity index (χ0) is 21.0. The second-order valence-electron chi connectivity index (χ2n) is 6.25. The van der Waals surface area contributed by atoms with E-state index in [1.54, 1.807) is 5.32 Å². The van der Waals surface area contributed by atoms with E-state index in [4.69, 9.17) is 10.5 Å². The van der Waals surface area contributed by atoms with Gasteiger partial charge in [0, 0.05) is 6.54 Å². The number of ether oxygens (including phenoxy) is 1. The number of hydrogen-bond acceptors (Lipinski definition) is 6. The maximum atomic E-state index is 12.6. The van der Waals surface area contributed by atoms with Crippen LogP contribution in [0.2, 0.25) is 0 Å². The number of esters is 1. The minimum Gasteiger partial charge on any atom is -0.452 e. The van der Waals surface area contributed by atoms with Gasteiger partial charge >= 0.3 is 12.0 Å². The van der Waals surface area contributed by atoms with Gasteiger partial charge in [-0.15, -0.1) is 0 Å². The van der Waals surface area contributed by atoms with E-state index in [9.17, 15) is 24.0 Å². The predicted octanol–water partition coefficient (Wildman–Crippen LogP) is 0.877. The van der Waals surface area contributed by atoms with Crippen LogP contribution >= 0.6 is 0 Å². The summed E-state index contributed by atoms with van der Waals surface area (Å²) < 4.78 is 4.78. The van der Waals surface area contributed by atoms with Crippen LogP contribution in [0.15, 0.2) is 48.5 Å². The molecule has 0 spiro atoms. The summed E-state index contributed by atoms with van der Waals surface area (Å²) in [4.78, 5) is 60.2. The first kappa shape index (κ1) is 19.7. The van der Waals surface area contributed by atoms with E-state index in [-0.39, 0.29) is 23.2 Å². The molecular weight excluding hydrogens is 378 g/mol. The molecule has 1 heterocycles. The molecule has 0 bridgehead atoms. The number of carbonyl (C=O) groups excluding carboxylic acids is 5. The van der Waals surface area contributed by atoms with Crippen molar-refractivity contribution >= 4 is 29.7 Å². The van der Waals surface area contributed by atoms with Crippen molar-refractivity contribution in [2.45, 2.75) is 6.42 Å². The molecule has 0 radical (unpaired) electrons. The Kier molecular flexibility index (Phi) is 5.68. The summed E-state index contributed by atoms with van der Waals surface area (Å²) in [7, 11) is 0. The van der Waals surface area contributed by atoms with Crippen LogP contribution < -0.4 is 11.1 Å². The fourth-order valence-electron chi connectivity index (χ4n) is 2.89. The largest absolute Gasteiger partial charge is 0.452 e. The van der Waals surface area contributed by atoms with Gasteiger partial charge in [0.2, 0.25) is 0 Å². The summed E-state index contributed by atoms with van der Waals surface area (Å²) in [6, 6.07) is 12.3. The second-order valence-corrected chi connectivity index (χ2v) is 6.25. The maximum Gasteiger partial charge on any atom is 0.338 e. The number of benzene rings is 2. The van der Waals surface area contributed by atoms with Crippen molar-refractivity contribution in [2.75, 3.05) is 13.2 Å². The monoisotopic (exact) mass is 395 g/mol. The van der Waals surface area contributed by atoms with Gasteiger partial charge in [-0.2, -0.15) is 0 Å². The van der Waals surface area contributed by atoms with Crippen LogP contribution in [-0.4, -0.2) is 47.8 Å². The van der Waals surface area contributed by atoms with Gasteiger partial charge in [0.25, 0.3) is 17.7 Å². The van der Waals surface area contributed by atoms with Crippen molar-refractivity contribution < 1.29 is 28.7 Å². The standard InChI is InChI=1S/C20H17N3O6/c21-20(28)22-16(24)11-29-19(27)13-6-7-14-15(10-13)18(26)23(17(14)25)9-8-12-4-2-1-3-5-12/h1-7,10H,8-9,11H2,(H3,21,22,24,28). The number of rotatable bonds is 6. The molecule has 0 unspecified atom stereocenters. The molecule has 0 saturated heterocycles.